The highest BCUT2D eigenvalue weighted by atomic mass is 19.4. The van der Waals surface area contributed by atoms with E-state index in [2.05, 4.69) is 20.1 Å². The first-order chi connectivity index (χ1) is 16.2. The standard InChI is InChI=1S/C23H30F3N5O3/c1-17(34-22-18(21(27)32)6-4-9-29-22)28-10-5-11-30-12-14-31(15-13-30)19-7-2-3-8-20(19)33-16-23(24,25)26/h2-4,6-9,17,28H,5,10-16H2,1H3,(H2,27,32). The first-order valence-electron chi connectivity index (χ1n) is 11.1. The summed E-state index contributed by atoms with van der Waals surface area (Å²) in [6, 6.07) is 10.0. The number of para-hydroxylation sites is 2. The molecule has 0 radical (unpaired) electrons. The summed E-state index contributed by atoms with van der Waals surface area (Å²) in [5.41, 5.74) is 6.26. The number of rotatable bonds is 11. The lowest BCUT2D eigenvalue weighted by Crippen LogP contribution is -2.47. The fourth-order valence-electron chi connectivity index (χ4n) is 3.70. The predicted molar refractivity (Wildman–Crippen MR) is 122 cm³/mol. The van der Waals surface area contributed by atoms with E-state index in [1.165, 1.54) is 6.20 Å². The van der Waals surface area contributed by atoms with Crippen LogP contribution in [0.2, 0.25) is 0 Å². The van der Waals surface area contributed by atoms with Gasteiger partial charge >= 0.3 is 6.18 Å². The number of primary amides is 1. The second-order valence-corrected chi connectivity index (χ2v) is 7.99. The molecule has 1 aliphatic heterocycles. The molecule has 0 saturated carbocycles. The Bertz CT molecular complexity index is 936. The van der Waals surface area contributed by atoms with E-state index in [4.69, 9.17) is 15.2 Å². The number of carbonyl (C=O) groups excluding carboxylic acids is 1. The molecule has 1 atom stereocenters. The number of benzene rings is 1. The summed E-state index contributed by atoms with van der Waals surface area (Å²) >= 11 is 0. The Morgan fingerprint density at radius 1 is 1.18 bits per heavy atom. The van der Waals surface area contributed by atoms with Crippen LogP contribution in [0.4, 0.5) is 18.9 Å². The Kier molecular flexibility index (Phi) is 8.94. The van der Waals surface area contributed by atoms with Crippen LogP contribution in [0, 0.1) is 0 Å². The number of ether oxygens (including phenoxy) is 2. The van der Waals surface area contributed by atoms with E-state index in [1.54, 1.807) is 36.4 Å². The normalized spacial score (nSPS) is 15.7. The molecule has 0 aliphatic carbocycles. The Morgan fingerprint density at radius 3 is 2.62 bits per heavy atom. The van der Waals surface area contributed by atoms with Crippen LogP contribution in [0.15, 0.2) is 42.6 Å². The van der Waals surface area contributed by atoms with Gasteiger partial charge in [0, 0.05) is 32.4 Å². The molecule has 34 heavy (non-hydrogen) atoms. The highest BCUT2D eigenvalue weighted by Gasteiger charge is 2.29. The van der Waals surface area contributed by atoms with Gasteiger partial charge in [-0.05, 0) is 50.7 Å². The van der Waals surface area contributed by atoms with Crippen LogP contribution < -0.4 is 25.4 Å². The Hall–Kier alpha value is -3.05. The van der Waals surface area contributed by atoms with Crippen LogP contribution in [0.3, 0.4) is 0 Å². The molecule has 1 unspecified atom stereocenters. The van der Waals surface area contributed by atoms with Crippen molar-refractivity contribution in [3.8, 4) is 11.6 Å². The summed E-state index contributed by atoms with van der Waals surface area (Å²) in [5, 5.41) is 3.25. The summed E-state index contributed by atoms with van der Waals surface area (Å²) in [4.78, 5) is 19.9. The van der Waals surface area contributed by atoms with Crippen molar-refractivity contribution in [3.63, 3.8) is 0 Å². The Morgan fingerprint density at radius 2 is 1.91 bits per heavy atom. The number of nitrogens with zero attached hydrogens (tertiary/aromatic N) is 3. The van der Waals surface area contributed by atoms with Crippen molar-refractivity contribution in [2.75, 3.05) is 50.8 Å². The van der Waals surface area contributed by atoms with Crippen LogP contribution in [0.25, 0.3) is 0 Å². The molecule has 3 N–H and O–H groups in total. The number of nitrogens with two attached hydrogens (primary N) is 1. The van der Waals surface area contributed by atoms with Crippen LogP contribution in [-0.2, 0) is 0 Å². The largest absolute Gasteiger partial charge is 0.482 e. The average molecular weight is 482 g/mol. The maximum absolute atomic E-state index is 12.5. The smallest absolute Gasteiger partial charge is 0.422 e. The number of carbonyl (C=O) groups is 1. The van der Waals surface area contributed by atoms with Gasteiger partial charge in [0.2, 0.25) is 5.88 Å². The van der Waals surface area contributed by atoms with Crippen molar-refractivity contribution in [2.45, 2.75) is 25.7 Å². The molecule has 1 aromatic carbocycles. The topological polar surface area (TPSA) is 92.9 Å². The van der Waals surface area contributed by atoms with Gasteiger partial charge in [0.15, 0.2) is 6.61 Å². The van der Waals surface area contributed by atoms with Gasteiger partial charge < -0.3 is 20.1 Å². The molecule has 1 fully saturated rings. The summed E-state index contributed by atoms with van der Waals surface area (Å²) in [5.74, 6) is -0.145. The van der Waals surface area contributed by atoms with E-state index in [0.717, 1.165) is 26.1 Å². The molecular weight excluding hydrogens is 451 g/mol. The Labute approximate surface area is 196 Å². The summed E-state index contributed by atoms with van der Waals surface area (Å²) in [7, 11) is 0. The number of hydrogen-bond acceptors (Lipinski definition) is 7. The van der Waals surface area contributed by atoms with E-state index in [-0.39, 0.29) is 23.4 Å². The summed E-state index contributed by atoms with van der Waals surface area (Å²) in [6.45, 7) is 5.11. The molecule has 8 nitrogen and oxygen atoms in total. The Balaban J connectivity index is 1.38. The fraction of sp³-hybridized carbons (Fsp3) is 0.478. The van der Waals surface area contributed by atoms with Gasteiger partial charge in [-0.2, -0.15) is 13.2 Å². The van der Waals surface area contributed by atoms with Crippen LogP contribution in [0.5, 0.6) is 11.6 Å². The van der Waals surface area contributed by atoms with Crippen LogP contribution >= 0.6 is 0 Å². The van der Waals surface area contributed by atoms with Crippen molar-refractivity contribution in [1.82, 2.24) is 15.2 Å². The number of alkyl halides is 3. The van der Waals surface area contributed by atoms with Gasteiger partial charge in [0.05, 0.1) is 5.69 Å². The third-order valence-corrected chi connectivity index (χ3v) is 5.38. The molecule has 1 amide bonds. The number of anilines is 1. The van der Waals surface area contributed by atoms with Crippen LogP contribution in [-0.4, -0.2) is 74.1 Å². The maximum atomic E-state index is 12.5. The van der Waals surface area contributed by atoms with E-state index in [1.807, 2.05) is 6.92 Å². The number of hydrogen-bond donors (Lipinski definition) is 2. The summed E-state index contributed by atoms with van der Waals surface area (Å²) in [6.07, 6.45) is -2.30. The van der Waals surface area contributed by atoms with Crippen molar-refractivity contribution in [2.24, 2.45) is 5.73 Å². The zero-order valence-corrected chi connectivity index (χ0v) is 19.1. The van der Waals surface area contributed by atoms with Gasteiger partial charge in [-0.15, -0.1) is 0 Å². The molecule has 0 bridgehead atoms. The van der Waals surface area contributed by atoms with Gasteiger partial charge in [0.25, 0.3) is 5.91 Å². The lowest BCUT2D eigenvalue weighted by atomic mass is 10.2. The van der Waals surface area contributed by atoms with E-state index in [9.17, 15) is 18.0 Å². The minimum Gasteiger partial charge on any atom is -0.482 e. The lowest BCUT2D eigenvalue weighted by Gasteiger charge is -2.36. The van der Waals surface area contributed by atoms with Crippen molar-refractivity contribution in [3.05, 3.63) is 48.2 Å². The first kappa shape index (κ1) is 25.6. The zero-order chi connectivity index (χ0) is 24.6. The van der Waals surface area contributed by atoms with Crippen molar-refractivity contribution < 1.29 is 27.4 Å². The number of amides is 1. The number of halogens is 3. The zero-order valence-electron chi connectivity index (χ0n) is 19.1. The van der Waals surface area contributed by atoms with Crippen molar-refractivity contribution in [1.29, 1.82) is 0 Å². The lowest BCUT2D eigenvalue weighted by molar-refractivity contribution is -0.153. The van der Waals surface area contributed by atoms with Gasteiger partial charge in [-0.1, -0.05) is 12.1 Å². The molecule has 3 rings (SSSR count). The highest BCUT2D eigenvalue weighted by molar-refractivity contribution is 5.94. The second-order valence-electron chi connectivity index (χ2n) is 7.99. The SMILES string of the molecule is CC(NCCCN1CCN(c2ccccc2OCC(F)(F)F)CC1)Oc1ncccc1C(N)=O. The monoisotopic (exact) mass is 481 g/mol. The quantitative estimate of drug-likeness (QED) is 0.377. The third-order valence-electron chi connectivity index (χ3n) is 5.38. The maximum Gasteiger partial charge on any atom is 0.422 e. The molecule has 0 spiro atoms. The molecule has 1 saturated heterocycles. The third kappa shape index (κ3) is 7.77. The van der Waals surface area contributed by atoms with E-state index >= 15 is 0 Å². The minimum atomic E-state index is -4.37. The molecule has 1 aliphatic rings. The minimum absolute atomic E-state index is 0.200. The predicted octanol–water partition coefficient (Wildman–Crippen LogP) is 2.65. The first-order valence-corrected chi connectivity index (χ1v) is 11.1. The van der Waals surface area contributed by atoms with Crippen LogP contribution in [0.1, 0.15) is 23.7 Å². The molecule has 186 valence electrons. The van der Waals surface area contributed by atoms with E-state index < -0.39 is 18.7 Å². The number of pyridine rings is 1. The second kappa shape index (κ2) is 11.9. The number of piperazine rings is 1. The molecule has 2 aromatic rings. The van der Waals surface area contributed by atoms with E-state index in [0.29, 0.717) is 25.3 Å². The molecule has 2 heterocycles. The average Bonchev–Trinajstić information content (AvgIpc) is 2.81. The molecular formula is C23H30F3N5O3. The molecule has 1 aromatic heterocycles. The number of nitrogens with one attached hydrogen (secondary N) is 1. The number of aromatic nitrogens is 1. The molecule has 11 heteroatoms. The summed E-state index contributed by atoms with van der Waals surface area (Å²) < 4.78 is 48.3. The van der Waals surface area contributed by atoms with Gasteiger partial charge in [0.1, 0.15) is 17.5 Å². The van der Waals surface area contributed by atoms with Gasteiger partial charge in [-0.25, -0.2) is 4.98 Å². The fourth-order valence-corrected chi connectivity index (χ4v) is 3.70. The van der Waals surface area contributed by atoms with Gasteiger partial charge in [-0.3, -0.25) is 15.0 Å². The highest BCUT2D eigenvalue weighted by Crippen LogP contribution is 2.30. The van der Waals surface area contributed by atoms with Crippen molar-refractivity contribution >= 4 is 11.6 Å².